The predicted molar refractivity (Wildman–Crippen MR) is 96.0 cm³/mol. The van der Waals surface area contributed by atoms with Crippen LogP contribution in [0.4, 0.5) is 17.1 Å². The molecule has 3 rings (SSSR count). The second-order valence-electron chi connectivity index (χ2n) is 5.60. The van der Waals surface area contributed by atoms with E-state index < -0.39 is 0 Å². The molecule has 1 saturated heterocycles. The molecule has 1 fully saturated rings. The van der Waals surface area contributed by atoms with Crippen LogP contribution in [0.3, 0.4) is 0 Å². The minimum Gasteiger partial charge on any atom is -0.375 e. The van der Waals surface area contributed by atoms with Gasteiger partial charge in [0.05, 0.1) is 4.92 Å². The van der Waals surface area contributed by atoms with Gasteiger partial charge in [-0.05, 0) is 29.8 Å². The van der Waals surface area contributed by atoms with E-state index in [-0.39, 0.29) is 10.6 Å². The van der Waals surface area contributed by atoms with Gasteiger partial charge in [0.15, 0.2) is 0 Å². The van der Waals surface area contributed by atoms with Gasteiger partial charge in [-0.2, -0.15) is 0 Å². The molecule has 0 saturated carbocycles. The molecular formula is C17H18ClN4O2. The molecule has 0 atom stereocenters. The van der Waals surface area contributed by atoms with Gasteiger partial charge in [0.25, 0.3) is 5.69 Å². The summed E-state index contributed by atoms with van der Waals surface area (Å²) < 4.78 is 0. The number of nitrogens with zero attached hydrogens (tertiary/aromatic N) is 3. The molecule has 2 aromatic carbocycles. The van der Waals surface area contributed by atoms with Crippen LogP contribution in [-0.4, -0.2) is 31.1 Å². The SMILES string of the molecule is O=[N+]([O-])c1ccc(N2CC[N]CC2)cc1NCc1ccc(Cl)cc1. The van der Waals surface area contributed by atoms with Crippen molar-refractivity contribution >= 4 is 28.7 Å². The smallest absolute Gasteiger partial charge is 0.292 e. The summed E-state index contributed by atoms with van der Waals surface area (Å²) in [6.07, 6.45) is 0. The molecule has 1 radical (unpaired) electrons. The number of hydrogen-bond donors (Lipinski definition) is 1. The van der Waals surface area contributed by atoms with E-state index in [4.69, 9.17) is 11.6 Å². The van der Waals surface area contributed by atoms with Crippen LogP contribution in [0.25, 0.3) is 0 Å². The average Bonchev–Trinajstić information content (AvgIpc) is 2.61. The predicted octanol–water partition coefficient (Wildman–Crippen LogP) is 3.28. The lowest BCUT2D eigenvalue weighted by Crippen LogP contribution is -2.40. The topological polar surface area (TPSA) is 72.5 Å². The minimum atomic E-state index is -0.362. The second-order valence-corrected chi connectivity index (χ2v) is 6.03. The molecule has 0 aromatic heterocycles. The fourth-order valence-electron chi connectivity index (χ4n) is 2.69. The fraction of sp³-hybridized carbons (Fsp3) is 0.294. The minimum absolute atomic E-state index is 0.0782. The van der Waals surface area contributed by atoms with Crippen LogP contribution in [0.15, 0.2) is 42.5 Å². The maximum absolute atomic E-state index is 11.3. The molecular weight excluding hydrogens is 328 g/mol. The van der Waals surface area contributed by atoms with Crippen LogP contribution in [0.5, 0.6) is 0 Å². The average molecular weight is 346 g/mol. The molecule has 1 N–H and O–H groups in total. The van der Waals surface area contributed by atoms with E-state index in [1.807, 2.05) is 18.2 Å². The molecule has 0 unspecified atom stereocenters. The summed E-state index contributed by atoms with van der Waals surface area (Å²) in [5.41, 5.74) is 2.59. The van der Waals surface area contributed by atoms with Gasteiger partial charge in [0, 0.05) is 49.5 Å². The Bertz CT molecular complexity index is 715. The largest absolute Gasteiger partial charge is 0.375 e. The van der Waals surface area contributed by atoms with Gasteiger partial charge in [-0.15, -0.1) is 0 Å². The lowest BCUT2D eigenvalue weighted by atomic mass is 10.2. The number of benzene rings is 2. The van der Waals surface area contributed by atoms with E-state index in [2.05, 4.69) is 15.5 Å². The molecule has 6 nitrogen and oxygen atoms in total. The van der Waals surface area contributed by atoms with Crippen LogP contribution in [0.1, 0.15) is 5.56 Å². The lowest BCUT2D eigenvalue weighted by molar-refractivity contribution is -0.384. The van der Waals surface area contributed by atoms with E-state index in [0.717, 1.165) is 37.4 Å². The first-order chi connectivity index (χ1) is 11.6. The monoisotopic (exact) mass is 345 g/mol. The van der Waals surface area contributed by atoms with Crippen molar-refractivity contribution in [2.45, 2.75) is 6.54 Å². The molecule has 0 spiro atoms. The van der Waals surface area contributed by atoms with Crippen LogP contribution < -0.4 is 15.5 Å². The van der Waals surface area contributed by atoms with Gasteiger partial charge in [-0.1, -0.05) is 23.7 Å². The zero-order valence-electron chi connectivity index (χ0n) is 13.1. The van der Waals surface area contributed by atoms with Crippen LogP contribution >= 0.6 is 11.6 Å². The van der Waals surface area contributed by atoms with E-state index in [1.165, 1.54) is 0 Å². The quantitative estimate of drug-likeness (QED) is 0.666. The Morgan fingerprint density at radius 1 is 1.17 bits per heavy atom. The molecule has 2 aromatic rings. The molecule has 0 amide bonds. The highest BCUT2D eigenvalue weighted by molar-refractivity contribution is 6.30. The van der Waals surface area contributed by atoms with E-state index in [1.54, 1.807) is 24.3 Å². The number of nitro benzene ring substituents is 1. The number of rotatable bonds is 5. The molecule has 24 heavy (non-hydrogen) atoms. The van der Waals surface area contributed by atoms with Crippen LogP contribution in [0, 0.1) is 10.1 Å². The molecule has 1 aliphatic rings. The number of nitrogens with one attached hydrogen (secondary N) is 1. The summed E-state index contributed by atoms with van der Waals surface area (Å²) in [4.78, 5) is 13.1. The fourth-order valence-corrected chi connectivity index (χ4v) is 2.81. The number of hydrogen-bond acceptors (Lipinski definition) is 4. The molecule has 7 heteroatoms. The van der Waals surface area contributed by atoms with Crippen molar-refractivity contribution in [2.75, 3.05) is 36.4 Å². The first-order valence-electron chi connectivity index (χ1n) is 7.78. The summed E-state index contributed by atoms with van der Waals surface area (Å²) in [5.74, 6) is 0. The Kier molecular flexibility index (Phi) is 5.17. The standard InChI is InChI=1S/C17H18ClN4O2/c18-14-3-1-13(2-4-14)12-20-16-11-15(5-6-17(16)22(23)24)21-9-7-19-8-10-21/h1-6,11,20H,7-10,12H2. The summed E-state index contributed by atoms with van der Waals surface area (Å²) in [7, 11) is 0. The Labute approximate surface area is 145 Å². The second kappa shape index (κ2) is 7.51. The zero-order valence-corrected chi connectivity index (χ0v) is 13.9. The number of nitro groups is 1. The van der Waals surface area contributed by atoms with Gasteiger partial charge in [0.2, 0.25) is 0 Å². The molecule has 1 aliphatic heterocycles. The maximum Gasteiger partial charge on any atom is 0.292 e. The van der Waals surface area contributed by atoms with Crippen molar-refractivity contribution < 1.29 is 4.92 Å². The molecule has 0 aliphatic carbocycles. The first-order valence-corrected chi connectivity index (χ1v) is 8.16. The summed E-state index contributed by atoms with van der Waals surface area (Å²) in [6.45, 7) is 3.77. The van der Waals surface area contributed by atoms with Crippen molar-refractivity contribution in [1.82, 2.24) is 5.32 Å². The molecule has 125 valence electrons. The van der Waals surface area contributed by atoms with Gasteiger partial charge in [0.1, 0.15) is 5.69 Å². The molecule has 0 bridgehead atoms. The third kappa shape index (κ3) is 3.96. The maximum atomic E-state index is 11.3. The normalized spacial score (nSPS) is 14.5. The van der Waals surface area contributed by atoms with Gasteiger partial charge in [-0.3, -0.25) is 10.1 Å². The number of piperazine rings is 1. The Morgan fingerprint density at radius 2 is 1.88 bits per heavy atom. The van der Waals surface area contributed by atoms with E-state index >= 15 is 0 Å². The van der Waals surface area contributed by atoms with Crippen LogP contribution in [0.2, 0.25) is 5.02 Å². The van der Waals surface area contributed by atoms with Crippen LogP contribution in [-0.2, 0) is 6.54 Å². The van der Waals surface area contributed by atoms with Crippen molar-refractivity contribution in [3.63, 3.8) is 0 Å². The summed E-state index contributed by atoms with van der Waals surface area (Å²) >= 11 is 5.88. The van der Waals surface area contributed by atoms with Crippen molar-refractivity contribution in [1.29, 1.82) is 0 Å². The van der Waals surface area contributed by atoms with E-state index in [9.17, 15) is 10.1 Å². The summed E-state index contributed by atoms with van der Waals surface area (Å²) in [5, 5.41) is 19.5. The summed E-state index contributed by atoms with van der Waals surface area (Å²) in [6, 6.07) is 12.6. The Morgan fingerprint density at radius 3 is 2.54 bits per heavy atom. The number of halogens is 1. The van der Waals surface area contributed by atoms with Crippen molar-refractivity contribution in [2.24, 2.45) is 0 Å². The highest BCUT2D eigenvalue weighted by Crippen LogP contribution is 2.30. The molecule has 1 heterocycles. The third-order valence-corrected chi connectivity index (χ3v) is 4.25. The lowest BCUT2D eigenvalue weighted by Gasteiger charge is -2.28. The number of anilines is 2. The van der Waals surface area contributed by atoms with Gasteiger partial charge >= 0.3 is 0 Å². The highest BCUT2D eigenvalue weighted by Gasteiger charge is 2.18. The third-order valence-electron chi connectivity index (χ3n) is 3.99. The first kappa shape index (κ1) is 16.5. The van der Waals surface area contributed by atoms with Gasteiger partial charge in [-0.25, -0.2) is 5.32 Å². The van der Waals surface area contributed by atoms with Crippen molar-refractivity contribution in [3.05, 3.63) is 63.2 Å². The zero-order chi connectivity index (χ0) is 16.9. The van der Waals surface area contributed by atoms with Gasteiger partial charge < -0.3 is 10.2 Å². The Hall–Kier alpha value is -2.31. The van der Waals surface area contributed by atoms with E-state index in [0.29, 0.717) is 17.3 Å². The highest BCUT2D eigenvalue weighted by atomic mass is 35.5. The Balaban J connectivity index is 1.80. The van der Waals surface area contributed by atoms with Crippen molar-refractivity contribution in [3.8, 4) is 0 Å².